The van der Waals surface area contributed by atoms with E-state index in [1.807, 2.05) is 4.90 Å². The fraction of sp³-hybridized carbons (Fsp3) is 0.565. The van der Waals surface area contributed by atoms with Gasteiger partial charge >= 0.3 is 0 Å². The third-order valence-corrected chi connectivity index (χ3v) is 5.65. The van der Waals surface area contributed by atoms with Gasteiger partial charge in [0, 0.05) is 57.0 Å². The highest BCUT2D eigenvalue weighted by molar-refractivity contribution is 5.78. The van der Waals surface area contributed by atoms with Gasteiger partial charge in [0.1, 0.15) is 0 Å². The first kappa shape index (κ1) is 25.1. The van der Waals surface area contributed by atoms with Crippen LogP contribution in [0.5, 0.6) is 17.2 Å². The summed E-state index contributed by atoms with van der Waals surface area (Å²) in [5.41, 5.74) is 0.685. The van der Waals surface area contributed by atoms with Crippen molar-refractivity contribution >= 4 is 29.4 Å². The molecular weight excluding hydrogens is 438 g/mol. The molecule has 1 amide bonds. The smallest absolute Gasteiger partial charge is 0.233 e. The van der Waals surface area contributed by atoms with E-state index in [1.165, 1.54) is 0 Å². The highest BCUT2D eigenvalue weighted by atomic mass is 16.5. The van der Waals surface area contributed by atoms with E-state index in [4.69, 9.17) is 14.2 Å². The fourth-order valence-electron chi connectivity index (χ4n) is 3.84. The van der Waals surface area contributed by atoms with Gasteiger partial charge < -0.3 is 34.6 Å². The number of likely N-dealkylation sites (tertiary alicyclic amines) is 1. The summed E-state index contributed by atoms with van der Waals surface area (Å²) in [7, 11) is 4.70. The second-order valence-electron chi connectivity index (χ2n) is 7.76. The van der Waals surface area contributed by atoms with Crippen molar-refractivity contribution in [2.24, 2.45) is 0 Å². The van der Waals surface area contributed by atoms with Crippen molar-refractivity contribution in [3.63, 3.8) is 0 Å². The molecule has 2 N–H and O–H groups in total. The molecule has 2 heterocycles. The zero-order valence-corrected chi connectivity index (χ0v) is 20.7. The zero-order valence-electron chi connectivity index (χ0n) is 20.7. The zero-order chi connectivity index (χ0) is 24.5. The molecule has 0 unspecified atom stereocenters. The summed E-state index contributed by atoms with van der Waals surface area (Å²) in [6.45, 7) is 7.87. The van der Waals surface area contributed by atoms with Gasteiger partial charge in [0.25, 0.3) is 0 Å². The third kappa shape index (κ3) is 6.09. The van der Waals surface area contributed by atoms with Gasteiger partial charge in [-0.05, 0) is 26.7 Å². The van der Waals surface area contributed by atoms with Crippen molar-refractivity contribution < 1.29 is 19.0 Å². The highest BCUT2D eigenvalue weighted by Gasteiger charge is 2.19. The van der Waals surface area contributed by atoms with Crippen molar-refractivity contribution in [1.29, 1.82) is 0 Å². The van der Waals surface area contributed by atoms with Crippen molar-refractivity contribution in [3.8, 4) is 17.2 Å². The quantitative estimate of drug-likeness (QED) is 0.421. The van der Waals surface area contributed by atoms with Gasteiger partial charge in [-0.25, -0.2) is 0 Å². The molecule has 0 atom stereocenters. The molecule has 1 aromatic heterocycles. The summed E-state index contributed by atoms with van der Waals surface area (Å²) in [5, 5.41) is 6.51. The van der Waals surface area contributed by atoms with Gasteiger partial charge in [0.15, 0.2) is 11.5 Å². The molecule has 0 radical (unpaired) electrons. The molecule has 11 heteroatoms. The molecule has 11 nitrogen and oxygen atoms in total. The number of hydrogen-bond donors (Lipinski definition) is 2. The van der Waals surface area contributed by atoms with Crippen LogP contribution in [0.1, 0.15) is 33.1 Å². The van der Waals surface area contributed by atoms with Crippen LogP contribution in [0.4, 0.5) is 23.5 Å². The number of anilines is 4. The molecule has 1 saturated heterocycles. The summed E-state index contributed by atoms with van der Waals surface area (Å²) in [6, 6.07) is 3.59. The molecule has 34 heavy (non-hydrogen) atoms. The number of nitrogens with one attached hydrogen (secondary N) is 2. The number of amides is 1. The number of ether oxygens (including phenoxy) is 3. The molecule has 2 aromatic rings. The Morgan fingerprint density at radius 2 is 1.68 bits per heavy atom. The minimum atomic E-state index is 0.237. The molecule has 1 aliphatic heterocycles. The van der Waals surface area contributed by atoms with E-state index in [1.54, 1.807) is 33.5 Å². The molecule has 1 aromatic carbocycles. The summed E-state index contributed by atoms with van der Waals surface area (Å²) in [4.78, 5) is 29.5. The Morgan fingerprint density at radius 1 is 1.00 bits per heavy atom. The Labute approximate surface area is 200 Å². The lowest BCUT2D eigenvalue weighted by atomic mass is 10.2. The molecule has 0 aliphatic carbocycles. The lowest BCUT2D eigenvalue weighted by Crippen LogP contribution is -2.27. The second kappa shape index (κ2) is 12.1. The Balaban J connectivity index is 1.79. The lowest BCUT2D eigenvalue weighted by molar-refractivity contribution is -0.127. The molecule has 1 aliphatic rings. The Kier molecular flexibility index (Phi) is 8.94. The van der Waals surface area contributed by atoms with Crippen LogP contribution >= 0.6 is 0 Å². The van der Waals surface area contributed by atoms with E-state index in [0.717, 1.165) is 39.0 Å². The van der Waals surface area contributed by atoms with Crippen LogP contribution in [0.3, 0.4) is 0 Å². The maximum atomic E-state index is 11.8. The van der Waals surface area contributed by atoms with Crippen LogP contribution in [0, 0.1) is 0 Å². The van der Waals surface area contributed by atoms with Crippen LogP contribution in [0.25, 0.3) is 0 Å². The van der Waals surface area contributed by atoms with Gasteiger partial charge in [-0.3, -0.25) is 4.79 Å². The van der Waals surface area contributed by atoms with Crippen molar-refractivity contribution in [2.45, 2.75) is 33.1 Å². The van der Waals surface area contributed by atoms with Crippen LogP contribution in [0.2, 0.25) is 0 Å². The topological polar surface area (TPSA) is 114 Å². The van der Waals surface area contributed by atoms with Crippen molar-refractivity contribution in [3.05, 3.63) is 12.1 Å². The summed E-state index contributed by atoms with van der Waals surface area (Å²) >= 11 is 0. The number of nitrogens with zero attached hydrogens (tertiary/aromatic N) is 5. The number of aromatic nitrogens is 3. The Bertz CT molecular complexity index is 943. The first-order valence-electron chi connectivity index (χ1n) is 11.6. The van der Waals surface area contributed by atoms with Gasteiger partial charge in [-0.1, -0.05) is 0 Å². The number of rotatable bonds is 13. The van der Waals surface area contributed by atoms with Crippen LogP contribution in [-0.2, 0) is 4.79 Å². The predicted octanol–water partition coefficient (Wildman–Crippen LogP) is 2.91. The number of carbonyl (C=O) groups is 1. The average Bonchev–Trinajstić information content (AvgIpc) is 3.26. The number of carbonyl (C=O) groups excluding carboxylic acids is 1. The van der Waals surface area contributed by atoms with E-state index < -0.39 is 0 Å². The monoisotopic (exact) mass is 473 g/mol. The minimum Gasteiger partial charge on any atom is -0.493 e. The molecule has 1 fully saturated rings. The summed E-state index contributed by atoms with van der Waals surface area (Å²) in [5.74, 6) is 3.24. The number of hydrogen-bond acceptors (Lipinski definition) is 10. The van der Waals surface area contributed by atoms with E-state index >= 15 is 0 Å². The molecule has 0 bridgehead atoms. The SMILES string of the molecule is CCN(CC)c1nc(NCCCN2CCCC2=O)nc(Nc2cc(OC)c(OC)c(OC)c2)n1. The van der Waals surface area contributed by atoms with E-state index in [9.17, 15) is 4.79 Å². The minimum absolute atomic E-state index is 0.237. The van der Waals surface area contributed by atoms with Gasteiger partial charge in [-0.2, -0.15) is 15.0 Å². The molecular formula is C23H35N7O4. The number of methoxy groups -OCH3 is 3. The van der Waals surface area contributed by atoms with E-state index in [0.29, 0.717) is 53.7 Å². The van der Waals surface area contributed by atoms with Gasteiger partial charge in [0.05, 0.1) is 21.3 Å². The third-order valence-electron chi connectivity index (χ3n) is 5.65. The lowest BCUT2D eigenvalue weighted by Gasteiger charge is -2.20. The van der Waals surface area contributed by atoms with E-state index in [-0.39, 0.29) is 5.91 Å². The normalized spacial score (nSPS) is 13.1. The molecule has 0 saturated carbocycles. The van der Waals surface area contributed by atoms with Crippen molar-refractivity contribution in [1.82, 2.24) is 19.9 Å². The van der Waals surface area contributed by atoms with Crippen LogP contribution in [0.15, 0.2) is 12.1 Å². The first-order valence-corrected chi connectivity index (χ1v) is 11.6. The maximum absolute atomic E-state index is 11.8. The predicted molar refractivity (Wildman–Crippen MR) is 132 cm³/mol. The standard InChI is InChI=1S/C23H35N7O4/c1-6-29(7-2)23-27-21(24-11-9-13-30-12-8-10-19(30)31)26-22(28-23)25-16-14-17(32-3)20(34-5)18(15-16)33-4/h14-15H,6-13H2,1-5H3,(H2,24,25,26,27,28). The number of benzene rings is 1. The van der Waals surface area contributed by atoms with Gasteiger partial charge in [-0.15, -0.1) is 0 Å². The van der Waals surface area contributed by atoms with Crippen LogP contribution in [-0.4, -0.2) is 79.8 Å². The largest absolute Gasteiger partial charge is 0.493 e. The first-order chi connectivity index (χ1) is 16.5. The van der Waals surface area contributed by atoms with E-state index in [2.05, 4.69) is 44.3 Å². The molecule has 0 spiro atoms. The highest BCUT2D eigenvalue weighted by Crippen LogP contribution is 2.40. The fourth-order valence-corrected chi connectivity index (χ4v) is 3.84. The Hall–Kier alpha value is -3.50. The van der Waals surface area contributed by atoms with Crippen molar-refractivity contribution in [2.75, 3.05) is 69.6 Å². The summed E-state index contributed by atoms with van der Waals surface area (Å²) in [6.07, 6.45) is 2.42. The molecule has 186 valence electrons. The Morgan fingerprint density at radius 3 is 2.24 bits per heavy atom. The summed E-state index contributed by atoms with van der Waals surface area (Å²) < 4.78 is 16.3. The molecule has 3 rings (SSSR count). The maximum Gasteiger partial charge on any atom is 0.233 e. The van der Waals surface area contributed by atoms with Crippen LogP contribution < -0.4 is 29.7 Å². The average molecular weight is 474 g/mol. The second-order valence-corrected chi connectivity index (χ2v) is 7.76. The van der Waals surface area contributed by atoms with Gasteiger partial charge in [0.2, 0.25) is 29.5 Å².